The highest BCUT2D eigenvalue weighted by Crippen LogP contribution is 2.26. The van der Waals surface area contributed by atoms with Gasteiger partial charge in [-0.15, -0.1) is 11.3 Å². The summed E-state index contributed by atoms with van der Waals surface area (Å²) >= 11 is 1.62. The van der Waals surface area contributed by atoms with Crippen LogP contribution in [-0.2, 0) is 0 Å². The van der Waals surface area contributed by atoms with E-state index in [1.54, 1.807) is 11.3 Å². The van der Waals surface area contributed by atoms with Crippen molar-refractivity contribution in [1.82, 2.24) is 14.8 Å². The number of nitrogens with zero attached hydrogens (tertiary/aromatic N) is 3. The topological polar surface area (TPSA) is 56.7 Å². The summed E-state index contributed by atoms with van der Waals surface area (Å²) in [7, 11) is 0. The highest BCUT2D eigenvalue weighted by molar-refractivity contribution is 7.10. The Bertz CT molecular complexity index is 702. The normalized spacial score (nSPS) is 12.5. The zero-order chi connectivity index (χ0) is 14.7. The van der Waals surface area contributed by atoms with Gasteiger partial charge in [-0.25, -0.2) is 9.67 Å². The maximum absolute atomic E-state index is 6.12. The summed E-state index contributed by atoms with van der Waals surface area (Å²) in [5, 5.41) is 7.46. The van der Waals surface area contributed by atoms with Gasteiger partial charge in [-0.2, -0.15) is 5.10 Å². The third-order valence-electron chi connectivity index (χ3n) is 3.34. The lowest BCUT2D eigenvalue weighted by atomic mass is 10.2. The molecule has 1 atom stereocenters. The van der Waals surface area contributed by atoms with Crippen LogP contribution in [0.25, 0.3) is 16.9 Å². The second kappa shape index (κ2) is 6.20. The van der Waals surface area contributed by atoms with Gasteiger partial charge in [0.25, 0.3) is 0 Å². The molecule has 0 amide bonds. The van der Waals surface area contributed by atoms with Crippen LogP contribution in [0.3, 0.4) is 0 Å². The van der Waals surface area contributed by atoms with E-state index >= 15 is 0 Å². The number of benzene rings is 1. The van der Waals surface area contributed by atoms with Crippen LogP contribution in [0.4, 0.5) is 0 Å². The van der Waals surface area contributed by atoms with Crippen LogP contribution in [0.15, 0.2) is 48.1 Å². The third kappa shape index (κ3) is 3.04. The van der Waals surface area contributed by atoms with Crippen LogP contribution in [0.5, 0.6) is 0 Å². The van der Waals surface area contributed by atoms with Crippen molar-refractivity contribution in [3.8, 4) is 16.9 Å². The molecule has 1 unspecified atom stereocenters. The fourth-order valence-corrected chi connectivity index (χ4v) is 3.07. The number of nitrogens with two attached hydrogens (primary N) is 1. The molecule has 0 saturated heterocycles. The molecule has 2 aromatic heterocycles. The smallest absolute Gasteiger partial charge is 0.110 e. The lowest BCUT2D eigenvalue weighted by Crippen LogP contribution is -2.09. The average Bonchev–Trinajstić information content (AvgIpc) is 3.17. The van der Waals surface area contributed by atoms with Crippen molar-refractivity contribution in [3.05, 3.63) is 53.1 Å². The van der Waals surface area contributed by atoms with Crippen molar-refractivity contribution in [2.45, 2.75) is 25.8 Å². The van der Waals surface area contributed by atoms with Crippen molar-refractivity contribution < 1.29 is 0 Å². The van der Waals surface area contributed by atoms with Crippen molar-refractivity contribution in [1.29, 1.82) is 0 Å². The first kappa shape index (κ1) is 14.0. The van der Waals surface area contributed by atoms with Crippen molar-refractivity contribution in [2.24, 2.45) is 5.73 Å². The quantitative estimate of drug-likeness (QED) is 0.779. The van der Waals surface area contributed by atoms with E-state index < -0.39 is 0 Å². The number of para-hydroxylation sites is 1. The minimum atomic E-state index is 0.0397. The van der Waals surface area contributed by atoms with E-state index in [0.29, 0.717) is 0 Å². The van der Waals surface area contributed by atoms with Crippen molar-refractivity contribution in [2.75, 3.05) is 0 Å². The first-order valence-corrected chi connectivity index (χ1v) is 7.97. The number of rotatable bonds is 5. The standard InChI is InChI=1S/C16H18N4S/c1-2-6-14(17)16-19-15(11-21-16)12-9-18-20(10-12)13-7-4-3-5-8-13/h3-5,7-11,14H,2,6,17H2,1H3. The molecule has 4 nitrogen and oxygen atoms in total. The van der Waals surface area contributed by atoms with Gasteiger partial charge in [0.15, 0.2) is 0 Å². The molecule has 5 heteroatoms. The lowest BCUT2D eigenvalue weighted by molar-refractivity contribution is 0.635. The van der Waals surface area contributed by atoms with Gasteiger partial charge in [0.2, 0.25) is 0 Å². The zero-order valence-electron chi connectivity index (χ0n) is 11.9. The predicted octanol–water partition coefficient (Wildman–Crippen LogP) is 3.80. The molecule has 3 aromatic rings. The molecule has 21 heavy (non-hydrogen) atoms. The number of aromatic nitrogens is 3. The zero-order valence-corrected chi connectivity index (χ0v) is 12.8. The second-order valence-electron chi connectivity index (χ2n) is 4.98. The Morgan fingerprint density at radius 3 is 2.86 bits per heavy atom. The van der Waals surface area contributed by atoms with Gasteiger partial charge >= 0.3 is 0 Å². The SMILES string of the molecule is CCCC(N)c1nc(-c2cnn(-c3ccccc3)c2)cs1. The van der Waals surface area contributed by atoms with E-state index in [1.165, 1.54) is 0 Å². The summed E-state index contributed by atoms with van der Waals surface area (Å²) in [5.41, 5.74) is 9.13. The van der Waals surface area contributed by atoms with E-state index in [1.807, 2.05) is 47.4 Å². The van der Waals surface area contributed by atoms with Gasteiger partial charge in [0, 0.05) is 17.1 Å². The van der Waals surface area contributed by atoms with Crippen LogP contribution < -0.4 is 5.73 Å². The van der Waals surface area contributed by atoms with Crippen LogP contribution in [0.1, 0.15) is 30.8 Å². The van der Waals surface area contributed by atoms with Gasteiger partial charge in [-0.3, -0.25) is 0 Å². The summed E-state index contributed by atoms with van der Waals surface area (Å²) in [5.74, 6) is 0. The van der Waals surface area contributed by atoms with Crippen LogP contribution in [0, 0.1) is 0 Å². The molecular weight excluding hydrogens is 280 g/mol. The Kier molecular flexibility index (Phi) is 4.13. The minimum Gasteiger partial charge on any atom is -0.322 e. The second-order valence-corrected chi connectivity index (χ2v) is 5.86. The Hall–Kier alpha value is -1.98. The number of hydrogen-bond acceptors (Lipinski definition) is 4. The molecule has 0 aliphatic rings. The molecule has 0 spiro atoms. The number of thiazole rings is 1. The highest BCUT2D eigenvalue weighted by Gasteiger charge is 2.12. The fourth-order valence-electron chi connectivity index (χ4n) is 2.20. The molecule has 0 aliphatic carbocycles. The van der Waals surface area contributed by atoms with Gasteiger partial charge in [-0.1, -0.05) is 31.5 Å². The highest BCUT2D eigenvalue weighted by atomic mass is 32.1. The van der Waals surface area contributed by atoms with Crippen LogP contribution in [-0.4, -0.2) is 14.8 Å². The number of hydrogen-bond donors (Lipinski definition) is 1. The average molecular weight is 298 g/mol. The monoisotopic (exact) mass is 298 g/mol. The molecular formula is C16H18N4S. The summed E-state index contributed by atoms with van der Waals surface area (Å²) in [6.45, 7) is 2.14. The first-order valence-electron chi connectivity index (χ1n) is 7.09. The molecule has 0 fully saturated rings. The van der Waals surface area contributed by atoms with Gasteiger partial charge in [-0.05, 0) is 18.6 Å². The predicted molar refractivity (Wildman–Crippen MR) is 86.5 cm³/mol. The summed E-state index contributed by atoms with van der Waals surface area (Å²) < 4.78 is 1.86. The van der Waals surface area contributed by atoms with Gasteiger partial charge in [0.05, 0.1) is 23.6 Å². The Balaban J connectivity index is 1.84. The first-order chi connectivity index (χ1) is 10.3. The molecule has 1 aromatic carbocycles. The molecule has 108 valence electrons. The molecule has 2 N–H and O–H groups in total. The Labute approximate surface area is 128 Å². The molecule has 0 saturated carbocycles. The summed E-state index contributed by atoms with van der Waals surface area (Å²) in [4.78, 5) is 4.65. The van der Waals surface area contributed by atoms with E-state index in [0.717, 1.165) is 34.8 Å². The molecule has 0 radical (unpaired) electrons. The maximum Gasteiger partial charge on any atom is 0.110 e. The fraction of sp³-hybridized carbons (Fsp3) is 0.250. The maximum atomic E-state index is 6.12. The third-order valence-corrected chi connectivity index (χ3v) is 4.31. The molecule has 2 heterocycles. The van der Waals surface area contributed by atoms with Crippen molar-refractivity contribution in [3.63, 3.8) is 0 Å². The van der Waals surface area contributed by atoms with Crippen LogP contribution in [0.2, 0.25) is 0 Å². The minimum absolute atomic E-state index is 0.0397. The van der Waals surface area contributed by atoms with Crippen molar-refractivity contribution >= 4 is 11.3 Å². The molecule has 3 rings (SSSR count). The summed E-state index contributed by atoms with van der Waals surface area (Å²) in [6, 6.07) is 10.1. The Morgan fingerprint density at radius 2 is 2.10 bits per heavy atom. The Morgan fingerprint density at radius 1 is 1.29 bits per heavy atom. The van der Waals surface area contributed by atoms with E-state index in [4.69, 9.17) is 5.73 Å². The van der Waals surface area contributed by atoms with E-state index in [2.05, 4.69) is 22.4 Å². The van der Waals surface area contributed by atoms with E-state index in [-0.39, 0.29) is 6.04 Å². The molecule has 0 bridgehead atoms. The largest absolute Gasteiger partial charge is 0.322 e. The summed E-state index contributed by atoms with van der Waals surface area (Å²) in [6.07, 6.45) is 5.88. The molecule has 0 aliphatic heterocycles. The van der Waals surface area contributed by atoms with Gasteiger partial charge in [0.1, 0.15) is 5.01 Å². The van der Waals surface area contributed by atoms with E-state index in [9.17, 15) is 0 Å². The van der Waals surface area contributed by atoms with Gasteiger partial charge < -0.3 is 5.73 Å². The lowest BCUT2D eigenvalue weighted by Gasteiger charge is -2.04. The van der Waals surface area contributed by atoms with Crippen LogP contribution >= 0.6 is 11.3 Å².